The fourth-order valence-electron chi connectivity index (χ4n) is 4.32. The van der Waals surface area contributed by atoms with E-state index in [0.717, 1.165) is 43.7 Å². The highest BCUT2D eigenvalue weighted by Gasteiger charge is 2.40. The van der Waals surface area contributed by atoms with Crippen molar-refractivity contribution < 1.29 is 35.6 Å². The van der Waals surface area contributed by atoms with Crippen molar-refractivity contribution in [3.63, 3.8) is 0 Å². The van der Waals surface area contributed by atoms with Crippen LogP contribution in [-0.2, 0) is 21.0 Å². The maximum absolute atomic E-state index is 14.3. The summed E-state index contributed by atoms with van der Waals surface area (Å²) in [7, 11) is -3.85. The Morgan fingerprint density at radius 3 is 2.44 bits per heavy atom. The largest absolute Gasteiger partial charge is 0.420 e. The van der Waals surface area contributed by atoms with Crippen LogP contribution in [0.1, 0.15) is 41.8 Å². The minimum Gasteiger partial charge on any atom is -0.357 e. The second-order valence-electron chi connectivity index (χ2n) is 8.65. The first kappa shape index (κ1) is 25.5. The number of piperidine rings is 1. The van der Waals surface area contributed by atoms with Crippen molar-refractivity contribution in [2.24, 2.45) is 0 Å². The number of sulfonamides is 1. The quantitative estimate of drug-likeness (QED) is 0.347. The number of amides is 3. The van der Waals surface area contributed by atoms with Crippen LogP contribution in [0, 0.1) is 12.7 Å². The SMILES string of the molecule is Cc1[nH]c(/C=C2\C(=O)Nc3c(NS(C)(=O)=O)cc(F)cc32)c(C(F)(F)F)c1NC(=O)N1CCCCC1. The molecule has 3 heterocycles. The average molecular weight is 530 g/mol. The Bertz CT molecular complexity index is 1380. The molecule has 1 aromatic heterocycles. The van der Waals surface area contributed by atoms with E-state index in [-0.39, 0.29) is 28.2 Å². The molecule has 2 aliphatic rings. The topological polar surface area (TPSA) is 123 Å². The number of nitrogens with zero attached hydrogens (tertiary/aromatic N) is 1. The van der Waals surface area contributed by atoms with Gasteiger partial charge in [-0.3, -0.25) is 9.52 Å². The van der Waals surface area contributed by atoms with E-state index in [1.54, 1.807) is 0 Å². The van der Waals surface area contributed by atoms with E-state index < -0.39 is 50.9 Å². The Balaban J connectivity index is 1.79. The fraction of sp³-hybridized carbons (Fsp3) is 0.364. The first-order valence-corrected chi connectivity index (χ1v) is 12.8. The number of carbonyl (C=O) groups is 2. The molecule has 4 N–H and O–H groups in total. The predicted molar refractivity (Wildman–Crippen MR) is 126 cm³/mol. The van der Waals surface area contributed by atoms with Gasteiger partial charge < -0.3 is 20.5 Å². The molecule has 1 saturated heterocycles. The number of aromatic amines is 1. The van der Waals surface area contributed by atoms with E-state index in [1.165, 1.54) is 11.8 Å². The van der Waals surface area contributed by atoms with Crippen LogP contribution in [-0.4, -0.2) is 49.6 Å². The molecule has 36 heavy (non-hydrogen) atoms. The van der Waals surface area contributed by atoms with E-state index in [2.05, 4.69) is 20.3 Å². The number of aromatic nitrogens is 1. The fourth-order valence-corrected chi connectivity index (χ4v) is 4.88. The van der Waals surface area contributed by atoms with Gasteiger partial charge in [0.2, 0.25) is 10.0 Å². The molecule has 194 valence electrons. The van der Waals surface area contributed by atoms with Gasteiger partial charge in [-0.05, 0) is 38.3 Å². The summed E-state index contributed by atoms with van der Waals surface area (Å²) in [5, 5.41) is 4.71. The lowest BCUT2D eigenvalue weighted by Gasteiger charge is -2.27. The summed E-state index contributed by atoms with van der Waals surface area (Å²) in [4.78, 5) is 29.3. The summed E-state index contributed by atoms with van der Waals surface area (Å²) in [6.45, 7) is 2.21. The van der Waals surface area contributed by atoms with Gasteiger partial charge in [-0.1, -0.05) is 0 Å². The molecule has 0 bridgehead atoms. The number of anilines is 3. The lowest BCUT2D eigenvalue weighted by molar-refractivity contribution is -0.137. The van der Waals surface area contributed by atoms with Crippen molar-refractivity contribution in [1.29, 1.82) is 0 Å². The van der Waals surface area contributed by atoms with Crippen molar-refractivity contribution in [2.75, 3.05) is 34.7 Å². The van der Waals surface area contributed by atoms with Gasteiger partial charge in [0.1, 0.15) is 11.4 Å². The number of fused-ring (bicyclic) bond motifs is 1. The van der Waals surface area contributed by atoms with Gasteiger partial charge in [-0.15, -0.1) is 0 Å². The highest BCUT2D eigenvalue weighted by atomic mass is 32.2. The van der Waals surface area contributed by atoms with Gasteiger partial charge >= 0.3 is 12.2 Å². The molecule has 2 aromatic rings. The smallest absolute Gasteiger partial charge is 0.357 e. The standard InChI is InChI=1S/C22H23F4N5O4S/c1-11-18(29-21(33)31-6-4-3-5-7-31)17(22(24,25)26)15(27-11)10-14-13-8-12(23)9-16(30-36(2,34)35)19(13)28-20(14)32/h8-10,27,30H,3-7H2,1-2H3,(H,28,32)(H,29,33)/b14-10-. The maximum Gasteiger partial charge on any atom is 0.420 e. The molecule has 0 unspecified atom stereocenters. The number of rotatable bonds is 4. The zero-order valence-corrected chi connectivity index (χ0v) is 20.1. The van der Waals surface area contributed by atoms with Crippen molar-refractivity contribution in [3.8, 4) is 0 Å². The number of hydrogen-bond acceptors (Lipinski definition) is 4. The Morgan fingerprint density at radius 1 is 1.17 bits per heavy atom. The van der Waals surface area contributed by atoms with Gasteiger partial charge in [-0.25, -0.2) is 17.6 Å². The number of carbonyl (C=O) groups excluding carboxylic acids is 2. The molecule has 0 atom stereocenters. The van der Waals surface area contributed by atoms with Crippen LogP contribution < -0.4 is 15.4 Å². The van der Waals surface area contributed by atoms with E-state index in [1.807, 2.05) is 0 Å². The highest BCUT2D eigenvalue weighted by Crippen LogP contribution is 2.44. The third-order valence-corrected chi connectivity index (χ3v) is 6.43. The first-order chi connectivity index (χ1) is 16.7. The van der Waals surface area contributed by atoms with Crippen LogP contribution >= 0.6 is 0 Å². The number of H-pyrrole nitrogens is 1. The average Bonchev–Trinajstić information content (AvgIpc) is 3.24. The number of benzene rings is 1. The van der Waals surface area contributed by atoms with Crippen LogP contribution in [0.5, 0.6) is 0 Å². The zero-order chi connectivity index (χ0) is 26.4. The Morgan fingerprint density at radius 2 is 1.83 bits per heavy atom. The number of nitrogens with one attached hydrogen (secondary N) is 4. The highest BCUT2D eigenvalue weighted by molar-refractivity contribution is 7.92. The molecule has 3 amide bonds. The minimum atomic E-state index is -4.91. The van der Waals surface area contributed by atoms with Crippen LogP contribution in [0.3, 0.4) is 0 Å². The van der Waals surface area contributed by atoms with Crippen molar-refractivity contribution in [3.05, 3.63) is 40.5 Å². The van der Waals surface area contributed by atoms with Gasteiger partial charge in [0.05, 0.1) is 34.6 Å². The lowest BCUT2D eigenvalue weighted by Crippen LogP contribution is -2.39. The van der Waals surface area contributed by atoms with Crippen molar-refractivity contribution in [2.45, 2.75) is 32.4 Å². The molecule has 1 fully saturated rings. The van der Waals surface area contributed by atoms with E-state index in [4.69, 9.17) is 0 Å². The Kier molecular flexibility index (Phi) is 6.49. The molecule has 0 aliphatic carbocycles. The molecular formula is C22H23F4N5O4S. The van der Waals surface area contributed by atoms with E-state index in [9.17, 15) is 35.6 Å². The van der Waals surface area contributed by atoms with E-state index >= 15 is 0 Å². The lowest BCUT2D eigenvalue weighted by atomic mass is 10.0. The summed E-state index contributed by atoms with van der Waals surface area (Å²) >= 11 is 0. The molecule has 4 rings (SSSR count). The molecule has 14 heteroatoms. The number of aryl methyl sites for hydroxylation is 1. The molecule has 2 aliphatic heterocycles. The molecule has 0 spiro atoms. The first-order valence-electron chi connectivity index (χ1n) is 10.9. The third-order valence-electron chi connectivity index (χ3n) is 5.84. The molecule has 9 nitrogen and oxygen atoms in total. The van der Waals surface area contributed by atoms with Crippen molar-refractivity contribution >= 4 is 50.7 Å². The molecule has 0 saturated carbocycles. The molecule has 1 aromatic carbocycles. The van der Waals surface area contributed by atoms with Crippen LogP contribution in [0.4, 0.5) is 39.4 Å². The van der Waals surface area contributed by atoms with Gasteiger partial charge in [-0.2, -0.15) is 13.2 Å². The Labute approximate surface area is 204 Å². The number of urea groups is 1. The summed E-state index contributed by atoms with van der Waals surface area (Å²) in [5.74, 6) is -1.76. The van der Waals surface area contributed by atoms with Crippen LogP contribution in [0.15, 0.2) is 12.1 Å². The Hall–Kier alpha value is -3.55. The van der Waals surface area contributed by atoms with Crippen LogP contribution in [0.2, 0.25) is 0 Å². The third kappa shape index (κ3) is 5.17. The number of likely N-dealkylation sites (tertiary alicyclic amines) is 1. The second kappa shape index (κ2) is 9.15. The van der Waals surface area contributed by atoms with Gasteiger partial charge in [0, 0.05) is 30.4 Å². The van der Waals surface area contributed by atoms with Gasteiger partial charge in [0.15, 0.2) is 0 Å². The van der Waals surface area contributed by atoms with Crippen LogP contribution in [0.25, 0.3) is 11.6 Å². The summed E-state index contributed by atoms with van der Waals surface area (Å²) < 4.78 is 82.0. The van der Waals surface area contributed by atoms with Gasteiger partial charge in [0.25, 0.3) is 5.91 Å². The number of hydrogen-bond donors (Lipinski definition) is 4. The van der Waals surface area contributed by atoms with Crippen molar-refractivity contribution in [1.82, 2.24) is 9.88 Å². The normalized spacial score (nSPS) is 17.2. The summed E-state index contributed by atoms with van der Waals surface area (Å²) in [6, 6.07) is 1.09. The summed E-state index contributed by atoms with van der Waals surface area (Å²) in [6.07, 6.45) is -0.741. The number of alkyl halides is 3. The second-order valence-corrected chi connectivity index (χ2v) is 10.4. The molecule has 0 radical (unpaired) electrons. The summed E-state index contributed by atoms with van der Waals surface area (Å²) in [5.41, 5.74) is -2.96. The molecular weight excluding hydrogens is 506 g/mol. The monoisotopic (exact) mass is 529 g/mol. The zero-order valence-electron chi connectivity index (χ0n) is 19.3. The minimum absolute atomic E-state index is 0.0110. The van der Waals surface area contributed by atoms with E-state index in [0.29, 0.717) is 13.1 Å². The number of halogens is 4. The maximum atomic E-state index is 14.3. The predicted octanol–water partition coefficient (Wildman–Crippen LogP) is 4.36.